The average molecular weight is 310 g/mol. The SMILES string of the molecule is Fc1ccc(Br)c2cc(Br)sc12. The van der Waals surface area contributed by atoms with Gasteiger partial charge in [0.2, 0.25) is 0 Å². The molecule has 0 saturated carbocycles. The quantitative estimate of drug-likeness (QED) is 0.669. The van der Waals surface area contributed by atoms with Crippen molar-refractivity contribution in [2.75, 3.05) is 0 Å². The van der Waals surface area contributed by atoms with Crippen LogP contribution in [0, 0.1) is 5.82 Å². The highest BCUT2D eigenvalue weighted by Crippen LogP contribution is 2.35. The molecule has 0 radical (unpaired) electrons. The summed E-state index contributed by atoms with van der Waals surface area (Å²) in [5, 5.41) is 0.923. The summed E-state index contributed by atoms with van der Waals surface area (Å²) in [4.78, 5) is 0. The van der Waals surface area contributed by atoms with Crippen LogP contribution in [-0.2, 0) is 0 Å². The molecule has 0 saturated heterocycles. The monoisotopic (exact) mass is 308 g/mol. The Morgan fingerprint density at radius 2 is 2.00 bits per heavy atom. The van der Waals surface area contributed by atoms with Crippen LogP contribution in [-0.4, -0.2) is 0 Å². The van der Waals surface area contributed by atoms with Gasteiger partial charge in [-0.25, -0.2) is 4.39 Å². The molecule has 0 N–H and O–H groups in total. The largest absolute Gasteiger partial charge is 0.205 e. The number of halogens is 3. The molecule has 0 atom stereocenters. The lowest BCUT2D eigenvalue weighted by molar-refractivity contribution is 0.641. The first kappa shape index (κ1) is 8.66. The molecule has 0 unspecified atom stereocenters. The number of hydrogen-bond acceptors (Lipinski definition) is 1. The van der Waals surface area contributed by atoms with Crippen molar-refractivity contribution < 1.29 is 4.39 Å². The Kier molecular flexibility index (Phi) is 2.23. The third-order valence-corrected chi connectivity index (χ3v) is 3.89. The summed E-state index contributed by atoms with van der Waals surface area (Å²) in [6, 6.07) is 5.10. The maximum absolute atomic E-state index is 13.1. The van der Waals surface area contributed by atoms with E-state index in [1.54, 1.807) is 6.07 Å². The van der Waals surface area contributed by atoms with Crippen LogP contribution in [0.25, 0.3) is 10.1 Å². The van der Waals surface area contributed by atoms with Crippen molar-refractivity contribution >= 4 is 53.3 Å². The number of fused-ring (bicyclic) bond motifs is 1. The summed E-state index contributed by atoms with van der Waals surface area (Å²) in [7, 11) is 0. The van der Waals surface area contributed by atoms with Crippen molar-refractivity contribution in [1.29, 1.82) is 0 Å². The van der Waals surface area contributed by atoms with Crippen LogP contribution in [0.3, 0.4) is 0 Å². The fourth-order valence-electron chi connectivity index (χ4n) is 1.03. The van der Waals surface area contributed by atoms with Crippen molar-refractivity contribution in [1.82, 2.24) is 0 Å². The lowest BCUT2D eigenvalue weighted by Gasteiger charge is -1.93. The Hall–Kier alpha value is 0.0700. The number of rotatable bonds is 0. The zero-order valence-corrected chi connectivity index (χ0v) is 9.76. The number of thiophene rings is 1. The van der Waals surface area contributed by atoms with Gasteiger partial charge in [-0.2, -0.15) is 0 Å². The topological polar surface area (TPSA) is 0 Å². The molecule has 62 valence electrons. The summed E-state index contributed by atoms with van der Waals surface area (Å²) < 4.78 is 15.7. The molecular formula is C8H3Br2FS. The maximum atomic E-state index is 13.1. The van der Waals surface area contributed by atoms with Gasteiger partial charge in [0.1, 0.15) is 5.82 Å². The Balaban J connectivity index is 2.93. The lowest BCUT2D eigenvalue weighted by Crippen LogP contribution is -1.72. The summed E-state index contributed by atoms with van der Waals surface area (Å²) in [6.07, 6.45) is 0. The van der Waals surface area contributed by atoms with Gasteiger partial charge in [0.15, 0.2) is 0 Å². The van der Waals surface area contributed by atoms with E-state index >= 15 is 0 Å². The minimum absolute atomic E-state index is 0.163. The van der Waals surface area contributed by atoms with E-state index in [4.69, 9.17) is 0 Å². The van der Waals surface area contributed by atoms with Gasteiger partial charge in [0.05, 0.1) is 8.49 Å². The van der Waals surface area contributed by atoms with Gasteiger partial charge in [-0.3, -0.25) is 0 Å². The molecule has 2 aromatic rings. The van der Waals surface area contributed by atoms with E-state index in [1.807, 2.05) is 6.07 Å². The Morgan fingerprint density at radius 1 is 1.25 bits per heavy atom. The van der Waals surface area contributed by atoms with Gasteiger partial charge >= 0.3 is 0 Å². The highest BCUT2D eigenvalue weighted by molar-refractivity contribution is 9.11. The van der Waals surface area contributed by atoms with E-state index in [0.717, 1.165) is 13.6 Å². The first-order chi connectivity index (χ1) is 5.68. The van der Waals surface area contributed by atoms with Gasteiger partial charge in [0.25, 0.3) is 0 Å². The molecule has 1 heterocycles. The van der Waals surface area contributed by atoms with Crippen molar-refractivity contribution in [3.63, 3.8) is 0 Å². The third kappa shape index (κ3) is 1.32. The van der Waals surface area contributed by atoms with Crippen molar-refractivity contribution in [2.24, 2.45) is 0 Å². The van der Waals surface area contributed by atoms with Crippen LogP contribution in [0.4, 0.5) is 4.39 Å². The highest BCUT2D eigenvalue weighted by Gasteiger charge is 2.07. The smallest absolute Gasteiger partial charge is 0.141 e. The second-order valence-electron chi connectivity index (χ2n) is 2.32. The minimum atomic E-state index is -0.163. The number of hydrogen-bond donors (Lipinski definition) is 0. The fraction of sp³-hybridized carbons (Fsp3) is 0. The average Bonchev–Trinajstić information content (AvgIpc) is 2.41. The maximum Gasteiger partial charge on any atom is 0.141 e. The Morgan fingerprint density at radius 3 is 2.67 bits per heavy atom. The first-order valence-electron chi connectivity index (χ1n) is 3.21. The molecule has 0 aliphatic heterocycles. The van der Waals surface area contributed by atoms with E-state index in [0.29, 0.717) is 4.70 Å². The van der Waals surface area contributed by atoms with Crippen LogP contribution in [0.5, 0.6) is 0 Å². The molecule has 0 bridgehead atoms. The normalized spacial score (nSPS) is 10.9. The van der Waals surface area contributed by atoms with E-state index in [2.05, 4.69) is 31.9 Å². The van der Waals surface area contributed by atoms with Crippen LogP contribution >= 0.6 is 43.2 Å². The molecule has 0 nitrogen and oxygen atoms in total. The molecule has 2 rings (SSSR count). The van der Waals surface area contributed by atoms with E-state index in [9.17, 15) is 4.39 Å². The molecule has 0 fully saturated rings. The molecule has 0 amide bonds. The molecule has 0 spiro atoms. The third-order valence-electron chi connectivity index (χ3n) is 1.55. The Labute approximate surface area is 89.7 Å². The van der Waals surface area contributed by atoms with Gasteiger partial charge in [-0.1, -0.05) is 15.9 Å². The van der Waals surface area contributed by atoms with Crippen molar-refractivity contribution in [2.45, 2.75) is 0 Å². The predicted molar refractivity (Wildman–Crippen MR) is 57.2 cm³/mol. The second kappa shape index (κ2) is 3.09. The number of benzene rings is 1. The van der Waals surface area contributed by atoms with Crippen LogP contribution in [0.1, 0.15) is 0 Å². The standard InChI is InChI=1S/C8H3Br2FS/c9-5-1-2-6(11)8-4(5)3-7(10)12-8/h1-3H. The molecule has 0 aliphatic rings. The van der Waals surface area contributed by atoms with E-state index in [-0.39, 0.29) is 5.82 Å². The van der Waals surface area contributed by atoms with Crippen LogP contribution < -0.4 is 0 Å². The van der Waals surface area contributed by atoms with Gasteiger partial charge in [-0.15, -0.1) is 11.3 Å². The zero-order valence-electron chi connectivity index (χ0n) is 5.77. The van der Waals surface area contributed by atoms with Crippen molar-refractivity contribution in [3.05, 3.63) is 32.3 Å². The molecule has 1 aromatic heterocycles. The van der Waals surface area contributed by atoms with Gasteiger partial charge in [-0.05, 0) is 34.1 Å². The summed E-state index contributed by atoms with van der Waals surface area (Å²) in [6.45, 7) is 0. The molecular weight excluding hydrogens is 307 g/mol. The molecule has 1 aromatic carbocycles. The van der Waals surface area contributed by atoms with Crippen LogP contribution in [0.15, 0.2) is 26.5 Å². The highest BCUT2D eigenvalue weighted by atomic mass is 79.9. The summed E-state index contributed by atoms with van der Waals surface area (Å²) in [5.41, 5.74) is 0. The fourth-order valence-corrected chi connectivity index (χ4v) is 3.13. The second-order valence-corrected chi connectivity index (χ2v) is 5.61. The molecule has 12 heavy (non-hydrogen) atoms. The molecule has 0 aliphatic carbocycles. The summed E-state index contributed by atoms with van der Waals surface area (Å²) >= 11 is 8.09. The lowest BCUT2D eigenvalue weighted by atomic mass is 10.3. The van der Waals surface area contributed by atoms with Gasteiger partial charge in [0, 0.05) is 9.86 Å². The zero-order chi connectivity index (χ0) is 8.72. The molecule has 4 heteroatoms. The Bertz CT molecular complexity index is 397. The summed E-state index contributed by atoms with van der Waals surface area (Å²) in [5.74, 6) is -0.163. The van der Waals surface area contributed by atoms with Gasteiger partial charge < -0.3 is 0 Å². The van der Waals surface area contributed by atoms with Crippen LogP contribution in [0.2, 0.25) is 0 Å². The van der Waals surface area contributed by atoms with Crippen molar-refractivity contribution in [3.8, 4) is 0 Å². The predicted octanol–water partition coefficient (Wildman–Crippen LogP) is 4.57. The van der Waals surface area contributed by atoms with E-state index in [1.165, 1.54) is 17.4 Å². The van der Waals surface area contributed by atoms with E-state index < -0.39 is 0 Å². The first-order valence-corrected chi connectivity index (χ1v) is 5.62. The minimum Gasteiger partial charge on any atom is -0.205 e.